The minimum absolute atomic E-state index is 0.0167. The second-order valence-electron chi connectivity index (χ2n) is 1.34. The molecular weight excluding hydrogens is 198 g/mol. The summed E-state index contributed by atoms with van der Waals surface area (Å²) >= 11 is 2.41. The van der Waals surface area contributed by atoms with E-state index in [4.69, 9.17) is 0 Å². The van der Waals surface area contributed by atoms with Crippen molar-refractivity contribution in [3.63, 3.8) is 0 Å². The maximum atomic E-state index is 9.44. The van der Waals surface area contributed by atoms with Crippen molar-refractivity contribution in [2.45, 2.75) is 20.8 Å². The van der Waals surface area contributed by atoms with Gasteiger partial charge in [0.25, 0.3) is 0 Å². The fourth-order valence-electron chi connectivity index (χ4n) is 0. The van der Waals surface area contributed by atoms with E-state index < -0.39 is 0 Å². The Morgan fingerprint density at radius 2 is 1.12 bits per heavy atom. The molecule has 0 aliphatic heterocycles. The van der Waals surface area contributed by atoms with Crippen LogP contribution in [0.2, 0.25) is 0 Å². The number of carbonyl (C=O) groups is 2. The van der Waals surface area contributed by atoms with Crippen molar-refractivity contribution in [1.29, 1.82) is 0 Å². The normalized spacial score (nSPS) is 6.62. The molecule has 0 amide bonds. The maximum absolute atomic E-state index is 9.44. The van der Waals surface area contributed by atoms with Gasteiger partial charge in [-0.15, -0.1) is 0 Å². The van der Waals surface area contributed by atoms with Gasteiger partial charge in [-0.3, -0.25) is 0 Å². The molecule has 2 nitrogen and oxygen atoms in total. The number of rotatable bonds is 0. The fraction of sp³-hybridized carbons (Fsp3) is 0.600. The summed E-state index contributed by atoms with van der Waals surface area (Å²) in [6.07, 6.45) is 0. The monoisotopic (exact) mass is 207 g/mol. The average molecular weight is 208 g/mol. The molecule has 0 spiro atoms. The van der Waals surface area contributed by atoms with Crippen molar-refractivity contribution in [2.24, 2.45) is 0 Å². The van der Waals surface area contributed by atoms with E-state index in [0.29, 0.717) is 0 Å². The van der Waals surface area contributed by atoms with Gasteiger partial charge in [0.1, 0.15) is 5.78 Å². The van der Waals surface area contributed by atoms with Crippen LogP contribution in [-0.2, 0) is 28.8 Å². The summed E-state index contributed by atoms with van der Waals surface area (Å²) in [6, 6.07) is 0. The van der Waals surface area contributed by atoms with Gasteiger partial charge in [-0.2, -0.15) is 0 Å². The molecule has 0 aromatic rings. The van der Waals surface area contributed by atoms with Crippen molar-refractivity contribution in [3.8, 4) is 0 Å². The Bertz CT molecular complexity index is 68.4. The Labute approximate surface area is 60.1 Å². The second kappa shape index (κ2) is 7.00. The quantitative estimate of drug-likeness (QED) is 0.548. The molecule has 0 saturated carbocycles. The van der Waals surface area contributed by atoms with Crippen molar-refractivity contribution in [3.05, 3.63) is 0 Å². The van der Waals surface area contributed by atoms with Gasteiger partial charge in [0.15, 0.2) is 0 Å². The summed E-state index contributed by atoms with van der Waals surface area (Å²) in [5.41, 5.74) is 0. The third kappa shape index (κ3) is 27500000. The third-order valence-corrected chi connectivity index (χ3v) is 0. The number of carbonyl (C=O) groups excluding carboxylic acids is 2. The van der Waals surface area contributed by atoms with E-state index in [0.717, 1.165) is 0 Å². The molecular formula is C5H9O2Pd. The van der Waals surface area contributed by atoms with Gasteiger partial charge in [-0.05, 0) is 13.8 Å². The molecule has 0 fully saturated rings. The number of ketones is 1. The number of Topliss-reactive ketones (excluding diaryl/α,β-unsaturated/α-hetero) is 1. The van der Waals surface area contributed by atoms with Crippen LogP contribution in [0.25, 0.3) is 0 Å². The zero-order valence-electron chi connectivity index (χ0n) is 5.13. The molecule has 0 heterocycles. The molecule has 0 saturated heterocycles. The molecule has 8 heavy (non-hydrogen) atoms. The van der Waals surface area contributed by atoms with Gasteiger partial charge in [0, 0.05) is 0 Å². The molecule has 0 aromatic carbocycles. The van der Waals surface area contributed by atoms with Crippen LogP contribution in [-0.4, -0.2) is 10.0 Å². The predicted molar refractivity (Wildman–Crippen MR) is 27.0 cm³/mol. The molecule has 51 valence electrons. The molecule has 0 rings (SSSR count). The molecule has 0 atom stereocenters. The van der Waals surface area contributed by atoms with Gasteiger partial charge in [0.2, 0.25) is 0 Å². The first-order chi connectivity index (χ1) is 3.46. The van der Waals surface area contributed by atoms with Crippen LogP contribution in [0, 0.1) is 0 Å². The second-order valence-corrected chi connectivity index (χ2v) is 2.43. The van der Waals surface area contributed by atoms with Crippen LogP contribution in [0.5, 0.6) is 0 Å². The van der Waals surface area contributed by atoms with Gasteiger partial charge in [-0.1, -0.05) is 0 Å². The molecule has 0 aliphatic carbocycles. The first kappa shape index (κ1) is 10.9. The van der Waals surface area contributed by atoms with E-state index in [1.54, 1.807) is 0 Å². The summed E-state index contributed by atoms with van der Waals surface area (Å²) in [5.74, 6) is 0.167. The Kier molecular flexibility index (Phi) is 9.53. The summed E-state index contributed by atoms with van der Waals surface area (Å²) < 4.78 is 0.0167. The van der Waals surface area contributed by atoms with Crippen molar-refractivity contribution in [2.75, 3.05) is 0 Å². The van der Waals surface area contributed by atoms with Gasteiger partial charge in [0.05, 0.1) is 0 Å². The molecule has 0 unspecified atom stereocenters. The Balaban J connectivity index is 0. The first-order valence-electron chi connectivity index (χ1n) is 2.07. The van der Waals surface area contributed by atoms with E-state index in [1.807, 2.05) is 0 Å². The van der Waals surface area contributed by atoms with Crippen LogP contribution < -0.4 is 0 Å². The van der Waals surface area contributed by atoms with Gasteiger partial charge < -0.3 is 4.79 Å². The van der Waals surface area contributed by atoms with Gasteiger partial charge >= 0.3 is 35.2 Å². The summed E-state index contributed by atoms with van der Waals surface area (Å²) in [4.78, 5) is 18.8. The molecule has 0 N–H and O–H groups in total. The van der Waals surface area contributed by atoms with E-state index >= 15 is 0 Å². The Morgan fingerprint density at radius 3 is 1.12 bits per heavy atom. The van der Waals surface area contributed by atoms with Crippen molar-refractivity contribution >= 4 is 10.0 Å². The molecule has 0 radical (unpaired) electrons. The molecule has 0 aliphatic rings. The first-order valence-corrected chi connectivity index (χ1v) is 2.84. The van der Waals surface area contributed by atoms with Gasteiger partial charge in [-0.25, -0.2) is 0 Å². The molecule has 0 bridgehead atoms. The van der Waals surface area contributed by atoms with E-state index in [9.17, 15) is 9.59 Å². The Hall–Kier alpha value is 0.00234. The van der Waals surface area contributed by atoms with Crippen LogP contribution in [0.3, 0.4) is 0 Å². The van der Waals surface area contributed by atoms with Crippen LogP contribution in [0.15, 0.2) is 0 Å². The zero-order valence-corrected chi connectivity index (χ0v) is 6.69. The molecule has 3 heteroatoms. The zero-order chi connectivity index (χ0) is 7.15. The van der Waals surface area contributed by atoms with E-state index in [1.165, 1.54) is 20.8 Å². The van der Waals surface area contributed by atoms with Crippen LogP contribution in [0.4, 0.5) is 0 Å². The third-order valence-electron chi connectivity index (χ3n) is 0. The Morgan fingerprint density at radius 1 is 1.12 bits per heavy atom. The topological polar surface area (TPSA) is 34.1 Å². The van der Waals surface area contributed by atoms with Crippen molar-refractivity contribution < 1.29 is 28.8 Å². The average Bonchev–Trinajstić information content (AvgIpc) is 1.25. The van der Waals surface area contributed by atoms with Crippen LogP contribution in [0.1, 0.15) is 20.8 Å². The standard InChI is InChI=1S/C3H6O.C2H3O.Pd/c1-3(2)4;1-2-3;/h1-2H3;1H3;. The number of hydrogen-bond acceptors (Lipinski definition) is 2. The molecule has 0 aromatic heterocycles. The fourth-order valence-corrected chi connectivity index (χ4v) is 0. The summed E-state index contributed by atoms with van der Waals surface area (Å²) in [6.45, 7) is 4.52. The van der Waals surface area contributed by atoms with Crippen molar-refractivity contribution in [1.82, 2.24) is 0 Å². The summed E-state index contributed by atoms with van der Waals surface area (Å²) in [7, 11) is 0. The predicted octanol–water partition coefficient (Wildman–Crippen LogP) is 0.675. The summed E-state index contributed by atoms with van der Waals surface area (Å²) in [5, 5.41) is 0. The van der Waals surface area contributed by atoms with E-state index in [2.05, 4.69) is 19.2 Å². The SMILES string of the molecule is CC(C)=O.C[C](=O)[Pd]. The van der Waals surface area contributed by atoms with E-state index in [-0.39, 0.29) is 10.0 Å². The number of hydrogen-bond donors (Lipinski definition) is 0. The van der Waals surface area contributed by atoms with Crippen LogP contribution >= 0.6 is 0 Å². The minimum atomic E-state index is 0.0167.